The highest BCUT2D eigenvalue weighted by Gasteiger charge is 2.15. The van der Waals surface area contributed by atoms with Crippen molar-refractivity contribution in [2.24, 2.45) is 0 Å². The fraction of sp³-hybridized carbons (Fsp3) is 0.400. The van der Waals surface area contributed by atoms with E-state index in [0.29, 0.717) is 22.3 Å². The second kappa shape index (κ2) is 5.66. The Kier molecular flexibility index (Phi) is 4.82. The molecule has 1 aromatic carbocycles. The van der Waals surface area contributed by atoms with Gasteiger partial charge in [0.15, 0.2) is 0 Å². The van der Waals surface area contributed by atoms with Crippen molar-refractivity contribution in [1.82, 2.24) is 0 Å². The predicted octanol–water partition coefficient (Wildman–Crippen LogP) is 4.56. The molecule has 0 spiro atoms. The molecule has 0 fully saturated rings. The fourth-order valence-corrected chi connectivity index (χ4v) is 2.02. The average molecular weight is 284 g/mol. The van der Waals surface area contributed by atoms with E-state index >= 15 is 0 Å². The van der Waals surface area contributed by atoms with Crippen molar-refractivity contribution >= 4 is 27.5 Å². The molecule has 0 unspecified atom stereocenters. The molecule has 0 radical (unpaired) electrons. The first-order chi connectivity index (χ1) is 6.66. The van der Waals surface area contributed by atoms with Gasteiger partial charge in [0.1, 0.15) is 0 Å². The van der Waals surface area contributed by atoms with Crippen LogP contribution in [0.3, 0.4) is 0 Å². The van der Waals surface area contributed by atoms with Gasteiger partial charge in [-0.05, 0) is 24.5 Å². The Balaban J connectivity index is 2.96. The Bertz CT molecular complexity index is 302. The molecule has 14 heavy (non-hydrogen) atoms. The SMILES string of the molecule is FC(F)c1c(Br)cccc1CCCCl. The molecule has 0 bridgehead atoms. The van der Waals surface area contributed by atoms with E-state index in [-0.39, 0.29) is 5.56 Å². The number of benzene rings is 1. The summed E-state index contributed by atoms with van der Waals surface area (Å²) in [5.74, 6) is 0.495. The summed E-state index contributed by atoms with van der Waals surface area (Å²) < 4.78 is 25.8. The summed E-state index contributed by atoms with van der Waals surface area (Å²) in [5, 5.41) is 0. The summed E-state index contributed by atoms with van der Waals surface area (Å²) in [4.78, 5) is 0. The van der Waals surface area contributed by atoms with E-state index in [1.807, 2.05) is 0 Å². The van der Waals surface area contributed by atoms with E-state index < -0.39 is 6.43 Å². The van der Waals surface area contributed by atoms with Gasteiger partial charge in [0, 0.05) is 15.9 Å². The maximum atomic E-state index is 12.7. The maximum Gasteiger partial charge on any atom is 0.265 e. The van der Waals surface area contributed by atoms with E-state index in [9.17, 15) is 8.78 Å². The molecule has 0 aromatic heterocycles. The molecule has 4 heteroatoms. The van der Waals surface area contributed by atoms with E-state index in [0.717, 1.165) is 6.42 Å². The highest BCUT2D eigenvalue weighted by atomic mass is 79.9. The summed E-state index contributed by atoms with van der Waals surface area (Å²) in [6.07, 6.45) is -1.11. The molecule has 0 atom stereocenters. The number of alkyl halides is 3. The summed E-state index contributed by atoms with van der Waals surface area (Å²) in [5.41, 5.74) is 0.771. The fourth-order valence-electron chi connectivity index (χ4n) is 1.30. The maximum absolute atomic E-state index is 12.7. The molecule has 0 N–H and O–H groups in total. The largest absolute Gasteiger partial charge is 0.265 e. The van der Waals surface area contributed by atoms with Crippen LogP contribution in [-0.4, -0.2) is 5.88 Å². The summed E-state index contributed by atoms with van der Waals surface area (Å²) in [7, 11) is 0. The molecular formula is C10H10BrClF2. The van der Waals surface area contributed by atoms with Crippen LogP contribution in [0.4, 0.5) is 8.78 Å². The molecule has 0 amide bonds. The van der Waals surface area contributed by atoms with E-state index in [2.05, 4.69) is 15.9 Å². The van der Waals surface area contributed by atoms with Crippen molar-refractivity contribution in [3.8, 4) is 0 Å². The van der Waals surface area contributed by atoms with Gasteiger partial charge in [-0.3, -0.25) is 0 Å². The lowest BCUT2D eigenvalue weighted by molar-refractivity contribution is 0.149. The molecule has 1 rings (SSSR count). The molecule has 1 aromatic rings. The van der Waals surface area contributed by atoms with Crippen LogP contribution in [0.25, 0.3) is 0 Å². The molecule has 0 saturated carbocycles. The predicted molar refractivity (Wildman–Crippen MR) is 58.1 cm³/mol. The lowest BCUT2D eigenvalue weighted by Gasteiger charge is -2.09. The second-order valence-electron chi connectivity index (χ2n) is 2.91. The third kappa shape index (κ3) is 2.92. The average Bonchev–Trinajstić information content (AvgIpc) is 2.14. The summed E-state index contributed by atoms with van der Waals surface area (Å²) in [6.45, 7) is 0. The van der Waals surface area contributed by atoms with Crippen molar-refractivity contribution in [3.05, 3.63) is 33.8 Å². The minimum Gasteiger partial charge on any atom is -0.205 e. The molecule has 0 aliphatic rings. The van der Waals surface area contributed by atoms with Crippen LogP contribution < -0.4 is 0 Å². The normalized spacial score (nSPS) is 10.9. The topological polar surface area (TPSA) is 0 Å². The zero-order valence-electron chi connectivity index (χ0n) is 7.44. The highest BCUT2D eigenvalue weighted by Crippen LogP contribution is 2.31. The Morgan fingerprint density at radius 2 is 2.07 bits per heavy atom. The summed E-state index contributed by atoms with van der Waals surface area (Å²) >= 11 is 8.65. The Morgan fingerprint density at radius 1 is 1.36 bits per heavy atom. The first-order valence-corrected chi connectivity index (χ1v) is 5.61. The van der Waals surface area contributed by atoms with Crippen LogP contribution in [-0.2, 0) is 6.42 Å². The first kappa shape index (κ1) is 11.9. The van der Waals surface area contributed by atoms with Gasteiger partial charge in [0.25, 0.3) is 6.43 Å². The van der Waals surface area contributed by atoms with Crippen molar-refractivity contribution in [2.45, 2.75) is 19.3 Å². The molecule has 0 nitrogen and oxygen atoms in total. The Labute approximate surface area is 95.4 Å². The van der Waals surface area contributed by atoms with Gasteiger partial charge in [-0.2, -0.15) is 0 Å². The van der Waals surface area contributed by atoms with Crippen molar-refractivity contribution in [1.29, 1.82) is 0 Å². The number of aryl methyl sites for hydroxylation is 1. The lowest BCUT2D eigenvalue weighted by atomic mass is 10.0. The van der Waals surface area contributed by atoms with Crippen LogP contribution in [0.2, 0.25) is 0 Å². The van der Waals surface area contributed by atoms with Crippen molar-refractivity contribution < 1.29 is 8.78 Å². The monoisotopic (exact) mass is 282 g/mol. The van der Waals surface area contributed by atoms with E-state index in [1.165, 1.54) is 0 Å². The standard InChI is InChI=1S/C10H10BrClF2/c11-8-5-1-3-7(4-2-6-12)9(8)10(13)14/h1,3,5,10H,2,4,6H2. The van der Waals surface area contributed by atoms with Crippen LogP contribution in [0.15, 0.2) is 22.7 Å². The van der Waals surface area contributed by atoms with E-state index in [4.69, 9.17) is 11.6 Å². The van der Waals surface area contributed by atoms with E-state index in [1.54, 1.807) is 18.2 Å². The third-order valence-electron chi connectivity index (χ3n) is 1.94. The van der Waals surface area contributed by atoms with Gasteiger partial charge < -0.3 is 0 Å². The number of hydrogen-bond donors (Lipinski definition) is 0. The smallest absolute Gasteiger partial charge is 0.205 e. The van der Waals surface area contributed by atoms with Crippen LogP contribution in [0.5, 0.6) is 0 Å². The van der Waals surface area contributed by atoms with Crippen LogP contribution in [0.1, 0.15) is 24.0 Å². The highest BCUT2D eigenvalue weighted by molar-refractivity contribution is 9.10. The van der Waals surface area contributed by atoms with Gasteiger partial charge in [-0.25, -0.2) is 8.78 Å². The Morgan fingerprint density at radius 3 is 2.64 bits per heavy atom. The molecule has 0 saturated heterocycles. The lowest BCUT2D eigenvalue weighted by Crippen LogP contribution is -1.96. The van der Waals surface area contributed by atoms with Crippen LogP contribution >= 0.6 is 27.5 Å². The minimum atomic E-state index is -2.43. The zero-order valence-corrected chi connectivity index (χ0v) is 9.78. The molecule has 0 heterocycles. The molecule has 0 aliphatic carbocycles. The van der Waals surface area contributed by atoms with Crippen molar-refractivity contribution in [3.63, 3.8) is 0 Å². The minimum absolute atomic E-state index is 0.0950. The number of halogens is 4. The molecule has 0 aliphatic heterocycles. The quantitative estimate of drug-likeness (QED) is 0.711. The third-order valence-corrected chi connectivity index (χ3v) is 2.90. The van der Waals surface area contributed by atoms with Gasteiger partial charge in [0.2, 0.25) is 0 Å². The summed E-state index contributed by atoms with van der Waals surface area (Å²) in [6, 6.07) is 5.12. The molecular weight excluding hydrogens is 273 g/mol. The number of hydrogen-bond acceptors (Lipinski definition) is 0. The Hall–Kier alpha value is -0.150. The van der Waals surface area contributed by atoms with Gasteiger partial charge in [-0.15, -0.1) is 11.6 Å². The van der Waals surface area contributed by atoms with Crippen molar-refractivity contribution in [2.75, 3.05) is 5.88 Å². The first-order valence-electron chi connectivity index (χ1n) is 4.28. The van der Waals surface area contributed by atoms with Gasteiger partial charge >= 0.3 is 0 Å². The zero-order chi connectivity index (χ0) is 10.6. The van der Waals surface area contributed by atoms with Crippen LogP contribution in [0, 0.1) is 0 Å². The number of rotatable bonds is 4. The van der Waals surface area contributed by atoms with Gasteiger partial charge in [-0.1, -0.05) is 28.1 Å². The molecule has 78 valence electrons. The van der Waals surface area contributed by atoms with Gasteiger partial charge in [0.05, 0.1) is 0 Å². The second-order valence-corrected chi connectivity index (χ2v) is 4.14.